The van der Waals surface area contributed by atoms with Crippen LogP contribution in [-0.2, 0) is 9.53 Å². The van der Waals surface area contributed by atoms with Gasteiger partial charge in [0.2, 0.25) is 0 Å². The third kappa shape index (κ3) is 2.75. The largest absolute Gasteiger partial charge is 0.489 e. The average molecular weight is 261 g/mol. The van der Waals surface area contributed by atoms with E-state index in [9.17, 15) is 4.79 Å². The van der Waals surface area contributed by atoms with Gasteiger partial charge in [-0.15, -0.1) is 0 Å². The van der Waals surface area contributed by atoms with E-state index in [0.717, 1.165) is 5.56 Å². The summed E-state index contributed by atoms with van der Waals surface area (Å²) in [6.07, 6.45) is 3.24. The molecule has 18 heavy (non-hydrogen) atoms. The number of rotatable bonds is 4. The van der Waals surface area contributed by atoms with E-state index >= 15 is 0 Å². The Morgan fingerprint density at radius 3 is 2.89 bits per heavy atom. The van der Waals surface area contributed by atoms with E-state index in [1.54, 1.807) is 18.2 Å². The molecule has 2 rings (SSSR count). The van der Waals surface area contributed by atoms with Crippen molar-refractivity contribution in [2.45, 2.75) is 0 Å². The van der Waals surface area contributed by atoms with Gasteiger partial charge in [0.15, 0.2) is 5.76 Å². The van der Waals surface area contributed by atoms with E-state index in [1.807, 2.05) is 18.2 Å². The second-order valence-electron chi connectivity index (χ2n) is 3.49. The molecule has 0 aliphatic carbocycles. The summed E-state index contributed by atoms with van der Waals surface area (Å²) in [5.74, 6) is 0.465. The van der Waals surface area contributed by atoms with Crippen molar-refractivity contribution in [1.29, 1.82) is 0 Å². The Balaban J connectivity index is 2.28. The van der Waals surface area contributed by atoms with Gasteiger partial charge in [0.1, 0.15) is 12.4 Å². The van der Waals surface area contributed by atoms with Crippen LogP contribution in [-0.4, -0.2) is 17.7 Å². The number of hydrogen-bond donors (Lipinski definition) is 1. The second kappa shape index (κ2) is 5.46. The lowest BCUT2D eigenvalue weighted by Crippen LogP contribution is -2.18. The van der Waals surface area contributed by atoms with Crippen molar-refractivity contribution in [3.63, 3.8) is 0 Å². The smallest absolute Gasteiger partial charge is 0.294 e. The molecule has 0 saturated carbocycles. The topological polar surface area (TPSA) is 47.6 Å². The predicted octanol–water partition coefficient (Wildman–Crippen LogP) is 2.02. The lowest BCUT2D eigenvalue weighted by atomic mass is 10.2. The van der Waals surface area contributed by atoms with Crippen LogP contribution in [0.25, 0.3) is 6.08 Å². The van der Waals surface area contributed by atoms with Gasteiger partial charge in [0, 0.05) is 5.56 Å². The first-order valence-electron chi connectivity index (χ1n) is 5.28. The maximum Gasteiger partial charge on any atom is 0.294 e. The molecule has 1 saturated heterocycles. The summed E-state index contributed by atoms with van der Waals surface area (Å²) in [4.78, 5) is 11.5. The van der Waals surface area contributed by atoms with E-state index in [0.29, 0.717) is 12.4 Å². The molecule has 1 aromatic carbocycles. The minimum Gasteiger partial charge on any atom is -0.489 e. The monoisotopic (exact) mass is 261 g/mol. The Bertz CT molecular complexity index is 537. The number of para-hydroxylation sites is 1. The Morgan fingerprint density at radius 2 is 2.22 bits per heavy atom. The van der Waals surface area contributed by atoms with Crippen molar-refractivity contribution >= 4 is 29.4 Å². The van der Waals surface area contributed by atoms with Crippen LogP contribution in [0.5, 0.6) is 5.75 Å². The van der Waals surface area contributed by atoms with Crippen LogP contribution < -0.4 is 10.1 Å². The Hall–Kier alpha value is -2.14. The molecule has 1 aromatic rings. The van der Waals surface area contributed by atoms with Crippen LogP contribution >= 0.6 is 12.2 Å². The standard InChI is InChI=1S/C13H11NO3S/c1-2-7-16-10-6-4-3-5-9(10)8-11-12(15)14-13(18)17-11/h2-6,8H,1,7H2,(H,14,15,18)/b11-8+. The Morgan fingerprint density at radius 1 is 1.44 bits per heavy atom. The van der Waals surface area contributed by atoms with Crippen LogP contribution in [0.4, 0.5) is 0 Å². The SMILES string of the molecule is C=CCOc1ccccc1/C=C1/OC(=S)NC1=O. The molecular formula is C13H11NO3S. The van der Waals surface area contributed by atoms with Crippen LogP contribution in [0.15, 0.2) is 42.7 Å². The van der Waals surface area contributed by atoms with Crippen molar-refractivity contribution in [2.24, 2.45) is 0 Å². The van der Waals surface area contributed by atoms with E-state index in [-0.39, 0.29) is 16.8 Å². The van der Waals surface area contributed by atoms with E-state index < -0.39 is 0 Å². The number of nitrogens with one attached hydrogen (secondary N) is 1. The van der Waals surface area contributed by atoms with Crippen LogP contribution in [0.2, 0.25) is 0 Å². The van der Waals surface area contributed by atoms with E-state index in [2.05, 4.69) is 11.9 Å². The number of benzene rings is 1. The molecule has 0 bridgehead atoms. The summed E-state index contributed by atoms with van der Waals surface area (Å²) >= 11 is 4.75. The van der Waals surface area contributed by atoms with Gasteiger partial charge >= 0.3 is 0 Å². The first kappa shape index (κ1) is 12.3. The fourth-order valence-electron chi connectivity index (χ4n) is 1.44. The predicted molar refractivity (Wildman–Crippen MR) is 71.9 cm³/mol. The third-order valence-corrected chi connectivity index (χ3v) is 2.39. The average Bonchev–Trinajstić information content (AvgIpc) is 2.67. The second-order valence-corrected chi connectivity index (χ2v) is 3.86. The summed E-state index contributed by atoms with van der Waals surface area (Å²) < 4.78 is 10.6. The lowest BCUT2D eigenvalue weighted by Gasteiger charge is -2.06. The Labute approximate surface area is 110 Å². The van der Waals surface area contributed by atoms with Crippen molar-refractivity contribution < 1.29 is 14.3 Å². The summed E-state index contributed by atoms with van der Waals surface area (Å²) in [5.41, 5.74) is 0.745. The molecule has 1 fully saturated rings. The summed E-state index contributed by atoms with van der Waals surface area (Å²) in [7, 11) is 0. The van der Waals surface area contributed by atoms with Crippen molar-refractivity contribution in [2.75, 3.05) is 6.61 Å². The molecule has 1 amide bonds. The van der Waals surface area contributed by atoms with Crippen LogP contribution in [0.1, 0.15) is 5.56 Å². The first-order chi connectivity index (χ1) is 8.70. The fraction of sp³-hybridized carbons (Fsp3) is 0.0769. The van der Waals surface area contributed by atoms with E-state index in [1.165, 1.54) is 0 Å². The number of amides is 1. The number of carbonyl (C=O) groups is 1. The van der Waals surface area contributed by atoms with Crippen LogP contribution in [0.3, 0.4) is 0 Å². The summed E-state index contributed by atoms with van der Waals surface area (Å²) in [5, 5.41) is 2.46. The van der Waals surface area contributed by atoms with Crippen molar-refractivity contribution in [1.82, 2.24) is 5.32 Å². The van der Waals surface area contributed by atoms with E-state index in [4.69, 9.17) is 21.7 Å². The van der Waals surface area contributed by atoms with Gasteiger partial charge in [0.05, 0.1) is 0 Å². The van der Waals surface area contributed by atoms with Gasteiger partial charge in [-0.2, -0.15) is 0 Å². The zero-order valence-electron chi connectivity index (χ0n) is 9.51. The molecule has 92 valence electrons. The lowest BCUT2D eigenvalue weighted by molar-refractivity contribution is -0.116. The molecule has 0 unspecified atom stereocenters. The highest BCUT2D eigenvalue weighted by Crippen LogP contribution is 2.22. The van der Waals surface area contributed by atoms with Crippen molar-refractivity contribution in [3.8, 4) is 5.75 Å². The van der Waals surface area contributed by atoms with Gasteiger partial charge in [0.25, 0.3) is 11.1 Å². The summed E-state index contributed by atoms with van der Waals surface area (Å²) in [6.45, 7) is 3.98. The third-order valence-electron chi connectivity index (χ3n) is 2.20. The summed E-state index contributed by atoms with van der Waals surface area (Å²) in [6, 6.07) is 7.32. The number of hydrogen-bond acceptors (Lipinski definition) is 4. The molecule has 1 N–H and O–H groups in total. The zero-order chi connectivity index (χ0) is 13.0. The molecule has 1 aliphatic heterocycles. The minimum absolute atomic E-state index is 0.0655. The molecule has 0 spiro atoms. The van der Waals surface area contributed by atoms with Gasteiger partial charge in [-0.3, -0.25) is 10.1 Å². The molecular weight excluding hydrogens is 250 g/mol. The number of thiocarbonyl (C=S) groups is 1. The highest BCUT2D eigenvalue weighted by molar-refractivity contribution is 7.80. The maximum atomic E-state index is 11.5. The maximum absolute atomic E-state index is 11.5. The molecule has 0 radical (unpaired) electrons. The van der Waals surface area contributed by atoms with Gasteiger partial charge in [-0.25, -0.2) is 0 Å². The van der Waals surface area contributed by atoms with Gasteiger partial charge < -0.3 is 9.47 Å². The van der Waals surface area contributed by atoms with Gasteiger partial charge in [-0.1, -0.05) is 30.9 Å². The zero-order valence-corrected chi connectivity index (χ0v) is 10.3. The minimum atomic E-state index is -0.349. The van der Waals surface area contributed by atoms with Crippen molar-refractivity contribution in [3.05, 3.63) is 48.2 Å². The number of ether oxygens (including phenoxy) is 2. The normalized spacial score (nSPS) is 16.3. The highest BCUT2D eigenvalue weighted by Gasteiger charge is 2.23. The fourth-order valence-corrected chi connectivity index (χ4v) is 1.62. The Kier molecular flexibility index (Phi) is 3.74. The quantitative estimate of drug-likeness (QED) is 0.512. The van der Waals surface area contributed by atoms with Crippen LogP contribution in [0, 0.1) is 0 Å². The first-order valence-corrected chi connectivity index (χ1v) is 5.69. The molecule has 1 heterocycles. The molecule has 0 aromatic heterocycles. The molecule has 0 atom stereocenters. The van der Waals surface area contributed by atoms with Gasteiger partial charge in [-0.05, 0) is 24.4 Å². The molecule has 5 heteroatoms. The number of carbonyl (C=O) groups excluding carboxylic acids is 1. The highest BCUT2D eigenvalue weighted by atomic mass is 32.1. The molecule has 1 aliphatic rings. The molecule has 4 nitrogen and oxygen atoms in total.